The molecule has 0 aromatic heterocycles. The van der Waals surface area contributed by atoms with Crippen LogP contribution in [0.2, 0.25) is 0 Å². The third kappa shape index (κ3) is 2.32. The Morgan fingerprint density at radius 2 is 1.80 bits per heavy atom. The Morgan fingerprint density at radius 1 is 1.10 bits per heavy atom. The van der Waals surface area contributed by atoms with Crippen LogP contribution in [0.15, 0.2) is 48.5 Å². The lowest BCUT2D eigenvalue weighted by Gasteiger charge is -2.25. The van der Waals surface area contributed by atoms with E-state index in [9.17, 15) is 4.79 Å². The van der Waals surface area contributed by atoms with Crippen molar-refractivity contribution in [3.63, 3.8) is 0 Å². The van der Waals surface area contributed by atoms with E-state index in [-0.39, 0.29) is 11.8 Å². The molecule has 0 amide bonds. The highest BCUT2D eigenvalue weighted by molar-refractivity contribution is 6.02. The normalized spacial score (nSPS) is 17.4. The summed E-state index contributed by atoms with van der Waals surface area (Å²) in [7, 11) is 1.59. The number of para-hydroxylation sites is 1. The fourth-order valence-electron chi connectivity index (χ4n) is 2.68. The van der Waals surface area contributed by atoms with Gasteiger partial charge in [-0.15, -0.1) is 0 Å². The van der Waals surface area contributed by atoms with Gasteiger partial charge in [-0.3, -0.25) is 4.79 Å². The predicted molar refractivity (Wildman–Crippen MR) is 78.1 cm³/mol. The zero-order valence-electron chi connectivity index (χ0n) is 11.4. The van der Waals surface area contributed by atoms with Crippen LogP contribution in [0.4, 0.5) is 0 Å². The van der Waals surface area contributed by atoms with Crippen LogP contribution in [0.25, 0.3) is 0 Å². The Bertz CT molecular complexity index is 636. The molecule has 2 aromatic carbocycles. The monoisotopic (exact) mass is 267 g/mol. The summed E-state index contributed by atoms with van der Waals surface area (Å²) in [5, 5.41) is 3.32. The lowest BCUT2D eigenvalue weighted by molar-refractivity contribution is 0.0935. The molecule has 0 aliphatic carbocycles. The average molecular weight is 267 g/mol. The third-order valence-corrected chi connectivity index (χ3v) is 3.77. The van der Waals surface area contributed by atoms with Crippen LogP contribution in [-0.4, -0.2) is 18.9 Å². The minimum atomic E-state index is -0.179. The predicted octanol–water partition coefficient (Wildman–Crippen LogP) is 2.59. The molecule has 1 aliphatic rings. The number of methoxy groups -OCH3 is 1. The number of rotatable bonds is 3. The highest BCUT2D eigenvalue weighted by atomic mass is 16.5. The van der Waals surface area contributed by atoms with E-state index in [0.717, 1.165) is 13.0 Å². The number of ketones is 1. The molecule has 0 fully saturated rings. The molecule has 1 aliphatic heterocycles. The Balaban J connectivity index is 1.86. The van der Waals surface area contributed by atoms with Crippen molar-refractivity contribution in [2.24, 2.45) is 0 Å². The molecule has 0 radical (unpaired) electrons. The second-order valence-corrected chi connectivity index (χ2v) is 4.97. The van der Waals surface area contributed by atoms with Crippen molar-refractivity contribution < 1.29 is 9.53 Å². The Hall–Kier alpha value is -2.13. The first-order chi connectivity index (χ1) is 9.79. The van der Waals surface area contributed by atoms with Gasteiger partial charge < -0.3 is 10.1 Å². The van der Waals surface area contributed by atoms with Gasteiger partial charge in [0.2, 0.25) is 0 Å². The van der Waals surface area contributed by atoms with Gasteiger partial charge >= 0.3 is 0 Å². The number of nitrogens with one attached hydrogen (secondary N) is 1. The summed E-state index contributed by atoms with van der Waals surface area (Å²) < 4.78 is 5.28. The van der Waals surface area contributed by atoms with E-state index in [1.165, 1.54) is 11.1 Å². The summed E-state index contributed by atoms with van der Waals surface area (Å²) in [5.74, 6) is 0.732. The second kappa shape index (κ2) is 5.47. The number of hydrogen-bond acceptors (Lipinski definition) is 3. The van der Waals surface area contributed by atoms with Gasteiger partial charge in [-0.05, 0) is 29.7 Å². The zero-order valence-corrected chi connectivity index (χ0v) is 11.4. The maximum atomic E-state index is 12.6. The van der Waals surface area contributed by atoms with Crippen molar-refractivity contribution in [1.82, 2.24) is 5.32 Å². The fourth-order valence-corrected chi connectivity index (χ4v) is 2.68. The zero-order chi connectivity index (χ0) is 13.9. The molecule has 3 heteroatoms. The second-order valence-electron chi connectivity index (χ2n) is 4.97. The van der Waals surface area contributed by atoms with E-state index in [1.807, 2.05) is 36.4 Å². The first-order valence-electron chi connectivity index (χ1n) is 6.77. The van der Waals surface area contributed by atoms with Crippen LogP contribution >= 0.6 is 0 Å². The molecule has 2 aromatic rings. The van der Waals surface area contributed by atoms with Crippen LogP contribution in [-0.2, 0) is 13.0 Å². The van der Waals surface area contributed by atoms with Crippen LogP contribution in [0.1, 0.15) is 21.5 Å². The molecule has 1 atom stereocenters. The molecular formula is C17H17NO2. The van der Waals surface area contributed by atoms with Gasteiger partial charge in [0.15, 0.2) is 5.78 Å². The molecule has 0 bridgehead atoms. The molecule has 0 spiro atoms. The van der Waals surface area contributed by atoms with E-state index in [1.54, 1.807) is 7.11 Å². The maximum Gasteiger partial charge on any atom is 0.183 e. The van der Waals surface area contributed by atoms with Crippen molar-refractivity contribution >= 4 is 5.78 Å². The maximum absolute atomic E-state index is 12.6. The molecule has 1 unspecified atom stereocenters. The van der Waals surface area contributed by atoms with Crippen molar-refractivity contribution in [3.8, 4) is 5.75 Å². The number of benzene rings is 2. The fraction of sp³-hybridized carbons (Fsp3) is 0.235. The van der Waals surface area contributed by atoms with Crippen molar-refractivity contribution in [2.45, 2.75) is 19.0 Å². The Kier molecular flexibility index (Phi) is 3.52. The molecule has 1 N–H and O–H groups in total. The standard InChI is InChI=1S/C17H17NO2/c1-20-16-9-5-4-8-14(16)17(19)15-10-12-6-2-3-7-13(12)11-18-15/h2-9,15,18H,10-11H2,1H3. The summed E-state index contributed by atoms with van der Waals surface area (Å²) in [6.07, 6.45) is 0.729. The van der Waals surface area contributed by atoms with Crippen LogP contribution < -0.4 is 10.1 Å². The first-order valence-corrected chi connectivity index (χ1v) is 6.77. The Labute approximate surface area is 118 Å². The number of fused-ring (bicyclic) bond motifs is 1. The van der Waals surface area contributed by atoms with E-state index in [0.29, 0.717) is 11.3 Å². The van der Waals surface area contributed by atoms with Crippen LogP contribution in [0.5, 0.6) is 5.75 Å². The molecule has 0 saturated heterocycles. The number of carbonyl (C=O) groups excluding carboxylic acids is 1. The minimum Gasteiger partial charge on any atom is -0.496 e. The van der Waals surface area contributed by atoms with Crippen molar-refractivity contribution in [1.29, 1.82) is 0 Å². The molecule has 102 valence electrons. The largest absolute Gasteiger partial charge is 0.496 e. The van der Waals surface area contributed by atoms with Gasteiger partial charge in [-0.1, -0.05) is 36.4 Å². The summed E-state index contributed by atoms with van der Waals surface area (Å²) in [6, 6.07) is 15.5. The summed E-state index contributed by atoms with van der Waals surface area (Å²) in [6.45, 7) is 0.738. The van der Waals surface area contributed by atoms with Crippen LogP contribution in [0, 0.1) is 0 Å². The van der Waals surface area contributed by atoms with Crippen molar-refractivity contribution in [3.05, 3.63) is 65.2 Å². The quantitative estimate of drug-likeness (QED) is 0.869. The first kappa shape index (κ1) is 12.9. The minimum absolute atomic E-state index is 0.0944. The highest BCUT2D eigenvalue weighted by Crippen LogP contribution is 2.23. The summed E-state index contributed by atoms with van der Waals surface area (Å²) in [5.41, 5.74) is 3.17. The van der Waals surface area contributed by atoms with E-state index in [2.05, 4.69) is 17.4 Å². The molecule has 3 rings (SSSR count). The van der Waals surface area contributed by atoms with Gasteiger partial charge in [-0.25, -0.2) is 0 Å². The lowest BCUT2D eigenvalue weighted by atomic mass is 9.91. The highest BCUT2D eigenvalue weighted by Gasteiger charge is 2.26. The molecule has 3 nitrogen and oxygen atoms in total. The van der Waals surface area contributed by atoms with Crippen LogP contribution in [0.3, 0.4) is 0 Å². The van der Waals surface area contributed by atoms with E-state index >= 15 is 0 Å². The van der Waals surface area contributed by atoms with Gasteiger partial charge in [0.05, 0.1) is 18.7 Å². The van der Waals surface area contributed by atoms with Gasteiger partial charge in [0, 0.05) is 6.54 Å². The smallest absolute Gasteiger partial charge is 0.183 e. The molecular weight excluding hydrogens is 250 g/mol. The third-order valence-electron chi connectivity index (χ3n) is 3.77. The number of ether oxygens (including phenoxy) is 1. The van der Waals surface area contributed by atoms with Gasteiger partial charge in [-0.2, -0.15) is 0 Å². The average Bonchev–Trinajstić information content (AvgIpc) is 2.53. The summed E-state index contributed by atoms with van der Waals surface area (Å²) in [4.78, 5) is 12.6. The number of hydrogen-bond donors (Lipinski definition) is 1. The van der Waals surface area contributed by atoms with Crippen molar-refractivity contribution in [2.75, 3.05) is 7.11 Å². The number of carbonyl (C=O) groups is 1. The Morgan fingerprint density at radius 3 is 2.60 bits per heavy atom. The SMILES string of the molecule is COc1ccccc1C(=O)C1Cc2ccccc2CN1. The van der Waals surface area contributed by atoms with E-state index in [4.69, 9.17) is 4.74 Å². The van der Waals surface area contributed by atoms with E-state index < -0.39 is 0 Å². The summed E-state index contributed by atoms with van der Waals surface area (Å²) >= 11 is 0. The lowest BCUT2D eigenvalue weighted by Crippen LogP contribution is -2.41. The van der Waals surface area contributed by atoms with Gasteiger partial charge in [0.1, 0.15) is 5.75 Å². The molecule has 0 saturated carbocycles. The van der Waals surface area contributed by atoms with Gasteiger partial charge in [0.25, 0.3) is 0 Å². The molecule has 1 heterocycles. The number of Topliss-reactive ketones (excluding diaryl/α,β-unsaturated/α-hetero) is 1. The topological polar surface area (TPSA) is 38.3 Å². The molecule has 20 heavy (non-hydrogen) atoms.